The second-order valence-electron chi connectivity index (χ2n) is 15.3. The first kappa shape index (κ1) is 36.5. The van der Waals surface area contributed by atoms with Gasteiger partial charge in [-0.2, -0.15) is 0 Å². The van der Waals surface area contributed by atoms with Crippen molar-refractivity contribution in [2.75, 3.05) is 14.2 Å². The highest BCUT2D eigenvalue weighted by Crippen LogP contribution is 2.44. The molecule has 0 aliphatic carbocycles. The summed E-state index contributed by atoms with van der Waals surface area (Å²) in [5.41, 5.74) is 6.84. The topological polar surface area (TPSA) is 155 Å². The lowest BCUT2D eigenvalue weighted by atomic mass is 9.92. The first-order valence-electron chi connectivity index (χ1n) is 19.4. The molecule has 3 amide bonds. The number of nitrogens with one attached hydrogen (secondary N) is 3. The summed E-state index contributed by atoms with van der Waals surface area (Å²) in [6.45, 7) is 8.35. The summed E-state index contributed by atoms with van der Waals surface area (Å²) >= 11 is 0. The van der Waals surface area contributed by atoms with E-state index in [4.69, 9.17) is 24.2 Å². The molecule has 3 aliphatic rings. The molecule has 0 unspecified atom stereocenters. The number of carbonyl (C=O) groups is 3. The van der Waals surface area contributed by atoms with Crippen molar-refractivity contribution >= 4 is 39.7 Å². The Kier molecular flexibility index (Phi) is 9.74. The summed E-state index contributed by atoms with van der Waals surface area (Å²) in [6.07, 6.45) is 5.30. The molecule has 13 nitrogen and oxygen atoms in total. The van der Waals surface area contributed by atoms with E-state index in [1.54, 1.807) is 7.11 Å². The number of amides is 3. The molecule has 8 rings (SSSR count). The van der Waals surface area contributed by atoms with Crippen molar-refractivity contribution in [2.45, 2.75) is 109 Å². The Bertz CT molecular complexity index is 2280. The van der Waals surface area contributed by atoms with Crippen LogP contribution >= 0.6 is 0 Å². The van der Waals surface area contributed by atoms with Gasteiger partial charge in [0.1, 0.15) is 30.0 Å². The average molecular weight is 748 g/mol. The molecule has 13 heteroatoms. The van der Waals surface area contributed by atoms with Gasteiger partial charge in [-0.05, 0) is 99.2 Å². The maximum Gasteiger partial charge on any atom is 0.407 e. The normalized spacial score (nSPS) is 21.6. The highest BCUT2D eigenvalue weighted by molar-refractivity contribution is 6.07. The van der Waals surface area contributed by atoms with E-state index in [0.29, 0.717) is 19.4 Å². The van der Waals surface area contributed by atoms with E-state index >= 15 is 0 Å². The minimum Gasteiger partial charge on any atom is -0.488 e. The predicted octanol–water partition coefficient (Wildman–Crippen LogP) is 7.33. The van der Waals surface area contributed by atoms with Gasteiger partial charge in [0.2, 0.25) is 11.8 Å². The summed E-state index contributed by atoms with van der Waals surface area (Å²) in [6, 6.07) is 13.9. The summed E-state index contributed by atoms with van der Waals surface area (Å²) in [4.78, 5) is 59.6. The minimum absolute atomic E-state index is 0.000303. The van der Waals surface area contributed by atoms with Gasteiger partial charge < -0.3 is 39.3 Å². The molecule has 2 aromatic heterocycles. The third kappa shape index (κ3) is 6.58. The molecular weight excluding hydrogens is 699 g/mol. The van der Waals surface area contributed by atoms with Crippen molar-refractivity contribution < 1.29 is 28.6 Å². The zero-order chi connectivity index (χ0) is 38.5. The standard InChI is InChI=1S/C42H49N7O6/c1-7-31(46-42(52)54-6)41(51)49-23(3)9-15-35(49)40-44-32-13-11-25-18-30-28-12-10-26(17-27(28)21-55-36(30)19-29(25)38(32)47-40)33-20-43-39(45-33)34-14-8-22(2)48(34)37(50)16-24(4)53-5/h10-13,17-20,22-24,31,34-35H,7-9,14-16,21H2,1-6H3,(H,43,45)(H,44,47)(H,46,52)/t22-,23-,24+,31-,34-,35-/m0/s1. The van der Waals surface area contributed by atoms with Crippen LogP contribution in [0.5, 0.6) is 5.75 Å². The molecule has 55 heavy (non-hydrogen) atoms. The molecule has 288 valence electrons. The van der Waals surface area contributed by atoms with Crippen LogP contribution in [0.1, 0.15) is 95.5 Å². The molecule has 3 aromatic carbocycles. The molecule has 5 heterocycles. The Morgan fingerprint density at radius 3 is 2.45 bits per heavy atom. The highest BCUT2D eigenvalue weighted by Gasteiger charge is 2.40. The van der Waals surface area contributed by atoms with Crippen molar-refractivity contribution in [3.05, 3.63) is 65.9 Å². The Labute approximate surface area is 320 Å². The number of likely N-dealkylation sites (tertiary alicyclic amines) is 2. The number of hydrogen-bond donors (Lipinski definition) is 3. The third-order valence-electron chi connectivity index (χ3n) is 11.8. The van der Waals surface area contributed by atoms with Crippen molar-refractivity contribution in [3.63, 3.8) is 0 Å². The van der Waals surface area contributed by atoms with E-state index in [-0.39, 0.29) is 42.1 Å². The Balaban J connectivity index is 1.05. The monoisotopic (exact) mass is 747 g/mol. The number of aromatic nitrogens is 4. The van der Waals surface area contributed by atoms with Gasteiger partial charge in [0, 0.05) is 30.1 Å². The van der Waals surface area contributed by atoms with Crippen LogP contribution in [-0.4, -0.2) is 86.1 Å². The number of ether oxygens (including phenoxy) is 3. The van der Waals surface area contributed by atoms with E-state index in [9.17, 15) is 14.4 Å². The number of nitrogens with zero attached hydrogens (tertiary/aromatic N) is 4. The quantitative estimate of drug-likeness (QED) is 0.142. The van der Waals surface area contributed by atoms with E-state index in [2.05, 4.69) is 58.6 Å². The summed E-state index contributed by atoms with van der Waals surface area (Å²) in [5.74, 6) is 2.29. The fourth-order valence-corrected chi connectivity index (χ4v) is 8.74. The van der Waals surface area contributed by atoms with E-state index < -0.39 is 12.1 Å². The molecule has 0 bridgehead atoms. The molecule has 0 spiro atoms. The highest BCUT2D eigenvalue weighted by atomic mass is 16.5. The molecule has 0 radical (unpaired) electrons. The molecule has 0 saturated carbocycles. The second-order valence-corrected chi connectivity index (χ2v) is 15.3. The number of aromatic amines is 2. The fourth-order valence-electron chi connectivity index (χ4n) is 8.74. The zero-order valence-corrected chi connectivity index (χ0v) is 32.3. The van der Waals surface area contributed by atoms with Crippen LogP contribution in [0.4, 0.5) is 4.79 Å². The number of hydrogen-bond acceptors (Lipinski definition) is 8. The van der Waals surface area contributed by atoms with Crippen LogP contribution in [0.25, 0.3) is 44.2 Å². The average Bonchev–Trinajstić information content (AvgIpc) is 4.01. The van der Waals surface area contributed by atoms with E-state index in [0.717, 1.165) is 92.8 Å². The Morgan fingerprint density at radius 1 is 0.945 bits per heavy atom. The molecule has 2 saturated heterocycles. The van der Waals surface area contributed by atoms with Crippen LogP contribution in [0, 0.1) is 0 Å². The van der Waals surface area contributed by atoms with Crippen molar-refractivity contribution in [3.8, 4) is 28.1 Å². The van der Waals surface area contributed by atoms with Crippen molar-refractivity contribution in [2.24, 2.45) is 0 Å². The van der Waals surface area contributed by atoms with Gasteiger partial charge >= 0.3 is 6.09 Å². The lowest BCUT2D eigenvalue weighted by Gasteiger charge is -2.31. The molecule has 5 aromatic rings. The number of carbonyl (C=O) groups excluding carboxylic acids is 3. The summed E-state index contributed by atoms with van der Waals surface area (Å²) < 4.78 is 16.6. The number of rotatable bonds is 9. The first-order valence-corrected chi connectivity index (χ1v) is 19.4. The first-order chi connectivity index (χ1) is 26.6. The van der Waals surface area contributed by atoms with Crippen LogP contribution in [0.2, 0.25) is 0 Å². The number of imidazole rings is 2. The van der Waals surface area contributed by atoms with Gasteiger partial charge in [0.25, 0.3) is 0 Å². The van der Waals surface area contributed by atoms with E-state index in [1.165, 1.54) is 7.11 Å². The maximum absolute atomic E-state index is 13.7. The van der Waals surface area contributed by atoms with Crippen LogP contribution in [-0.2, 0) is 25.7 Å². The molecule has 3 N–H and O–H groups in total. The predicted molar refractivity (Wildman–Crippen MR) is 208 cm³/mol. The molecule has 3 aliphatic heterocycles. The SMILES string of the molecule is CC[C@H](NC(=O)OC)C(=O)N1[C@@H](C)CC[C@H]1c1nc2ccc3cc4c(cc3c2[nH]1)OCc1cc(-c2cnc([C@@H]3CC[C@H](C)N3C(=O)C[C@@H](C)OC)[nH]2)ccc1-4. The molecule has 6 atom stereocenters. The number of benzene rings is 3. The summed E-state index contributed by atoms with van der Waals surface area (Å²) in [7, 11) is 2.93. The van der Waals surface area contributed by atoms with Gasteiger partial charge in [-0.25, -0.2) is 14.8 Å². The molecular formula is C42H49N7O6. The van der Waals surface area contributed by atoms with Crippen LogP contribution in [0.3, 0.4) is 0 Å². The molecule has 2 fully saturated rings. The van der Waals surface area contributed by atoms with Crippen LogP contribution in [0.15, 0.2) is 48.7 Å². The van der Waals surface area contributed by atoms with Gasteiger partial charge in [-0.15, -0.1) is 0 Å². The van der Waals surface area contributed by atoms with Crippen LogP contribution < -0.4 is 10.1 Å². The van der Waals surface area contributed by atoms with Gasteiger partial charge in [-0.1, -0.05) is 25.1 Å². The lowest BCUT2D eigenvalue weighted by Crippen LogP contribution is -2.50. The Hall–Kier alpha value is -5.43. The van der Waals surface area contributed by atoms with Gasteiger partial charge in [0.05, 0.1) is 54.6 Å². The largest absolute Gasteiger partial charge is 0.488 e. The minimum atomic E-state index is -0.681. The Morgan fingerprint density at radius 2 is 1.71 bits per heavy atom. The smallest absolute Gasteiger partial charge is 0.407 e. The number of alkyl carbamates (subject to hydrolysis) is 1. The lowest BCUT2D eigenvalue weighted by molar-refractivity contribution is -0.137. The van der Waals surface area contributed by atoms with E-state index in [1.807, 2.05) is 42.8 Å². The third-order valence-corrected chi connectivity index (χ3v) is 11.8. The number of H-pyrrole nitrogens is 2. The number of methoxy groups -OCH3 is 2. The zero-order valence-electron chi connectivity index (χ0n) is 32.3. The fraction of sp³-hybridized carbons (Fsp3) is 0.452. The number of fused-ring (bicyclic) bond motifs is 6. The summed E-state index contributed by atoms with van der Waals surface area (Å²) in [5, 5.41) is 4.73. The van der Waals surface area contributed by atoms with Gasteiger partial charge in [-0.3, -0.25) is 9.59 Å². The second kappa shape index (κ2) is 14.7. The van der Waals surface area contributed by atoms with Gasteiger partial charge in [0.15, 0.2) is 0 Å². The maximum atomic E-state index is 13.7. The van der Waals surface area contributed by atoms with Crippen molar-refractivity contribution in [1.82, 2.24) is 35.1 Å². The van der Waals surface area contributed by atoms with Crippen molar-refractivity contribution in [1.29, 1.82) is 0 Å².